The maximum Gasteiger partial charge on any atom is 0.215 e. The molecule has 0 atom stereocenters. The predicted molar refractivity (Wildman–Crippen MR) is 77.9 cm³/mol. The van der Waals surface area contributed by atoms with E-state index in [2.05, 4.69) is 10.6 Å². The van der Waals surface area contributed by atoms with E-state index in [9.17, 15) is 8.42 Å². The Hall–Kier alpha value is -1.47. The maximum atomic E-state index is 11.8. The Morgan fingerprint density at radius 2 is 2.00 bits per heavy atom. The molecule has 0 fully saturated rings. The van der Waals surface area contributed by atoms with Gasteiger partial charge in [0.05, 0.1) is 23.1 Å². The molecular weight excluding hydrogens is 280 g/mol. The van der Waals surface area contributed by atoms with Gasteiger partial charge in [-0.1, -0.05) is 18.1 Å². The molecule has 1 N–H and O–H groups in total. The molecule has 0 aromatic heterocycles. The third-order valence-corrected chi connectivity index (χ3v) is 4.41. The van der Waals surface area contributed by atoms with Crippen molar-refractivity contribution in [3.63, 3.8) is 0 Å². The average molecular weight is 294 g/mol. The zero-order valence-electron chi connectivity index (χ0n) is 10.3. The van der Waals surface area contributed by atoms with Crippen LogP contribution in [0.5, 0.6) is 0 Å². The maximum absolute atomic E-state index is 11.8. The quantitative estimate of drug-likeness (QED) is 0.608. The number of terminal acetylenes is 1. The molecule has 0 saturated carbocycles. The van der Waals surface area contributed by atoms with Gasteiger partial charge in [0.25, 0.3) is 0 Å². The minimum absolute atomic E-state index is 0.0848. The number of hydrogen-bond donors (Lipinski definition) is 1. The van der Waals surface area contributed by atoms with Crippen LogP contribution in [-0.4, -0.2) is 26.5 Å². The second-order valence-electron chi connectivity index (χ2n) is 3.72. The van der Waals surface area contributed by atoms with Crippen molar-refractivity contribution < 1.29 is 8.42 Å². The Morgan fingerprint density at radius 3 is 2.58 bits per heavy atom. The summed E-state index contributed by atoms with van der Waals surface area (Å²) in [6, 6.07) is 8.48. The zero-order chi connectivity index (χ0) is 14.1. The van der Waals surface area contributed by atoms with Crippen LogP contribution in [0, 0.1) is 23.7 Å². The number of benzene rings is 1. The molecule has 0 aliphatic rings. The van der Waals surface area contributed by atoms with Crippen LogP contribution in [0.1, 0.15) is 11.1 Å². The summed E-state index contributed by atoms with van der Waals surface area (Å²) in [4.78, 5) is 0. The van der Waals surface area contributed by atoms with E-state index in [4.69, 9.17) is 11.7 Å². The van der Waals surface area contributed by atoms with Crippen molar-refractivity contribution in [2.45, 2.75) is 5.75 Å². The van der Waals surface area contributed by atoms with Crippen LogP contribution in [0.15, 0.2) is 24.3 Å². The number of rotatable bonds is 7. The van der Waals surface area contributed by atoms with Crippen molar-refractivity contribution in [2.75, 3.05) is 18.1 Å². The van der Waals surface area contributed by atoms with E-state index in [0.29, 0.717) is 29.2 Å². The zero-order valence-corrected chi connectivity index (χ0v) is 11.9. The number of nitriles is 1. The normalized spacial score (nSPS) is 10.6. The van der Waals surface area contributed by atoms with Crippen molar-refractivity contribution in [2.24, 2.45) is 0 Å². The first kappa shape index (κ1) is 15.6. The summed E-state index contributed by atoms with van der Waals surface area (Å²) in [5.74, 6) is 3.62. The topological polar surface area (TPSA) is 70.0 Å². The fourth-order valence-corrected chi connectivity index (χ4v) is 3.13. The van der Waals surface area contributed by atoms with Gasteiger partial charge < -0.3 is 0 Å². The Labute approximate surface area is 118 Å². The summed E-state index contributed by atoms with van der Waals surface area (Å²) < 4.78 is 26.0. The van der Waals surface area contributed by atoms with Crippen molar-refractivity contribution >= 4 is 21.8 Å². The summed E-state index contributed by atoms with van der Waals surface area (Å²) in [6.07, 6.45) is 5.09. The molecule has 0 amide bonds. The number of sulfonamides is 1. The number of thioether (sulfide) groups is 1. The van der Waals surface area contributed by atoms with Gasteiger partial charge in [-0.15, -0.1) is 18.2 Å². The van der Waals surface area contributed by atoms with E-state index in [-0.39, 0.29) is 5.75 Å². The van der Waals surface area contributed by atoms with Crippen molar-refractivity contribution in [1.82, 2.24) is 4.72 Å². The molecule has 6 heteroatoms. The molecule has 4 nitrogen and oxygen atoms in total. The summed E-state index contributed by atoms with van der Waals surface area (Å²) >= 11 is 1.51. The summed E-state index contributed by atoms with van der Waals surface area (Å²) in [5, 5.41) is 8.65. The van der Waals surface area contributed by atoms with Crippen LogP contribution in [0.2, 0.25) is 0 Å². The molecule has 0 saturated heterocycles. The van der Waals surface area contributed by atoms with E-state index in [0.717, 1.165) is 0 Å². The Balaban J connectivity index is 2.45. The number of nitrogens with zero attached hydrogens (tertiary/aromatic N) is 1. The second kappa shape index (κ2) is 7.85. The second-order valence-corrected chi connectivity index (χ2v) is 6.63. The van der Waals surface area contributed by atoms with Gasteiger partial charge in [-0.25, -0.2) is 13.1 Å². The molecule has 0 spiro atoms. The highest BCUT2D eigenvalue weighted by atomic mass is 32.2. The van der Waals surface area contributed by atoms with E-state index >= 15 is 0 Å². The fourth-order valence-electron chi connectivity index (χ4n) is 1.35. The molecule has 0 aliphatic carbocycles. The molecule has 1 aromatic carbocycles. The van der Waals surface area contributed by atoms with Crippen molar-refractivity contribution in [1.29, 1.82) is 5.26 Å². The first-order chi connectivity index (χ1) is 9.07. The van der Waals surface area contributed by atoms with Crippen LogP contribution >= 0.6 is 11.8 Å². The highest BCUT2D eigenvalue weighted by Gasteiger charge is 2.10. The van der Waals surface area contributed by atoms with Gasteiger partial charge in [0.2, 0.25) is 10.0 Å². The van der Waals surface area contributed by atoms with E-state index in [1.807, 2.05) is 6.07 Å². The lowest BCUT2D eigenvalue weighted by atomic mass is 10.2. The lowest BCUT2D eigenvalue weighted by molar-refractivity contribution is 0.583. The molecule has 0 aliphatic heterocycles. The largest absolute Gasteiger partial charge is 0.215 e. The van der Waals surface area contributed by atoms with Gasteiger partial charge in [-0.05, 0) is 17.7 Å². The third-order valence-electron chi connectivity index (χ3n) is 2.19. The molecule has 0 heterocycles. The number of nitrogens with one attached hydrogen (secondary N) is 1. The predicted octanol–water partition coefficient (Wildman–Crippen LogP) is 1.34. The van der Waals surface area contributed by atoms with Gasteiger partial charge in [0, 0.05) is 12.3 Å². The number of hydrogen-bond acceptors (Lipinski definition) is 4. The monoisotopic (exact) mass is 294 g/mol. The van der Waals surface area contributed by atoms with E-state index < -0.39 is 10.0 Å². The lowest BCUT2D eigenvalue weighted by Crippen LogP contribution is -2.27. The highest BCUT2D eigenvalue weighted by Crippen LogP contribution is 2.07. The van der Waals surface area contributed by atoms with Crippen LogP contribution < -0.4 is 4.72 Å². The van der Waals surface area contributed by atoms with Crippen molar-refractivity contribution in [3.8, 4) is 18.4 Å². The summed E-state index contributed by atoms with van der Waals surface area (Å²) in [7, 11) is -3.34. The SMILES string of the molecule is C#CCSCCNS(=O)(=O)Cc1ccc(C#N)cc1. The molecular formula is C13H14N2O2S2. The molecule has 0 radical (unpaired) electrons. The van der Waals surface area contributed by atoms with Gasteiger partial charge in [-0.2, -0.15) is 5.26 Å². The molecule has 100 valence electrons. The van der Waals surface area contributed by atoms with Gasteiger partial charge in [-0.3, -0.25) is 0 Å². The van der Waals surface area contributed by atoms with Gasteiger partial charge in [0.15, 0.2) is 0 Å². The molecule has 0 bridgehead atoms. The molecule has 0 unspecified atom stereocenters. The van der Waals surface area contributed by atoms with E-state index in [1.54, 1.807) is 24.3 Å². The minimum atomic E-state index is -3.34. The van der Waals surface area contributed by atoms with E-state index in [1.165, 1.54) is 11.8 Å². The fraction of sp³-hybridized carbons (Fsp3) is 0.308. The minimum Gasteiger partial charge on any atom is -0.214 e. The Kier molecular flexibility index (Phi) is 6.44. The molecule has 1 rings (SSSR count). The van der Waals surface area contributed by atoms with Crippen LogP contribution in [0.3, 0.4) is 0 Å². The Bertz CT molecular complexity index is 581. The Morgan fingerprint density at radius 1 is 1.32 bits per heavy atom. The van der Waals surface area contributed by atoms with Crippen LogP contribution in [0.25, 0.3) is 0 Å². The van der Waals surface area contributed by atoms with Crippen molar-refractivity contribution in [3.05, 3.63) is 35.4 Å². The standard InChI is InChI=1S/C13H14N2O2S2/c1-2-8-18-9-7-15-19(16,17)11-13-5-3-12(10-14)4-6-13/h1,3-6,15H,7-9,11H2. The van der Waals surface area contributed by atoms with Crippen LogP contribution in [0.4, 0.5) is 0 Å². The first-order valence-electron chi connectivity index (χ1n) is 5.55. The third kappa shape index (κ3) is 6.30. The smallest absolute Gasteiger partial charge is 0.214 e. The summed E-state index contributed by atoms with van der Waals surface area (Å²) in [5.41, 5.74) is 1.17. The first-order valence-corrected chi connectivity index (χ1v) is 8.35. The highest BCUT2D eigenvalue weighted by molar-refractivity contribution is 7.99. The average Bonchev–Trinajstić information content (AvgIpc) is 2.39. The molecule has 19 heavy (non-hydrogen) atoms. The summed E-state index contributed by atoms with van der Waals surface area (Å²) in [6.45, 7) is 0.366. The molecule has 1 aromatic rings. The lowest BCUT2D eigenvalue weighted by Gasteiger charge is -2.06. The van der Waals surface area contributed by atoms with Gasteiger partial charge in [0.1, 0.15) is 0 Å². The van der Waals surface area contributed by atoms with Gasteiger partial charge >= 0.3 is 0 Å². The van der Waals surface area contributed by atoms with Crippen LogP contribution in [-0.2, 0) is 15.8 Å².